The summed E-state index contributed by atoms with van der Waals surface area (Å²) in [4.78, 5) is 14.6. The number of aryl methyl sites for hydroxylation is 2. The van der Waals surface area contributed by atoms with Crippen molar-refractivity contribution in [3.63, 3.8) is 0 Å². The fourth-order valence-electron chi connectivity index (χ4n) is 2.12. The summed E-state index contributed by atoms with van der Waals surface area (Å²) >= 11 is 0.742. The topological polar surface area (TPSA) is 68.0 Å². The van der Waals surface area contributed by atoms with Gasteiger partial charge in [0, 0.05) is 12.2 Å². The molecule has 0 aliphatic carbocycles. The SMILES string of the molecule is CCCn1nc2nc(SCC(=O)O)cc(C(F)(F)F)c2c1C. The third-order valence-corrected chi connectivity index (χ3v) is 3.92. The fraction of sp³-hybridized carbons (Fsp3) is 0.462. The van der Waals surface area contributed by atoms with Gasteiger partial charge in [-0.2, -0.15) is 18.3 Å². The Morgan fingerprint density at radius 1 is 1.45 bits per heavy atom. The van der Waals surface area contributed by atoms with Gasteiger partial charge in [0.25, 0.3) is 0 Å². The predicted octanol–water partition coefficient (Wildman–Crippen LogP) is 3.35. The van der Waals surface area contributed by atoms with E-state index in [0.29, 0.717) is 12.2 Å². The molecule has 1 N–H and O–H groups in total. The number of rotatable bonds is 5. The molecular weight excluding hydrogens is 319 g/mol. The Bertz CT molecular complexity index is 713. The van der Waals surface area contributed by atoms with E-state index in [1.165, 1.54) is 4.68 Å². The summed E-state index contributed by atoms with van der Waals surface area (Å²) in [7, 11) is 0. The lowest BCUT2D eigenvalue weighted by atomic mass is 10.1. The lowest BCUT2D eigenvalue weighted by Gasteiger charge is -2.10. The van der Waals surface area contributed by atoms with Crippen molar-refractivity contribution in [2.45, 2.75) is 38.0 Å². The number of carboxylic acids is 1. The first-order valence-corrected chi connectivity index (χ1v) is 7.52. The number of nitrogens with zero attached hydrogens (tertiary/aromatic N) is 3. The number of thioether (sulfide) groups is 1. The molecule has 0 aliphatic heterocycles. The van der Waals surface area contributed by atoms with Crippen LogP contribution in [0.1, 0.15) is 24.6 Å². The first kappa shape index (κ1) is 16.6. The molecule has 0 radical (unpaired) electrons. The van der Waals surface area contributed by atoms with E-state index in [2.05, 4.69) is 10.1 Å². The van der Waals surface area contributed by atoms with Crippen molar-refractivity contribution in [2.75, 3.05) is 5.75 Å². The van der Waals surface area contributed by atoms with Gasteiger partial charge in [-0.05, 0) is 19.4 Å². The molecule has 0 aromatic carbocycles. The molecule has 0 aliphatic rings. The van der Waals surface area contributed by atoms with Crippen LogP contribution in [0, 0.1) is 6.92 Å². The Labute approximate surface area is 128 Å². The van der Waals surface area contributed by atoms with Gasteiger partial charge in [-0.25, -0.2) is 4.98 Å². The normalized spacial score (nSPS) is 12.0. The molecule has 0 bridgehead atoms. The third-order valence-electron chi connectivity index (χ3n) is 3.03. The number of halogens is 3. The summed E-state index contributed by atoms with van der Waals surface area (Å²) < 4.78 is 41.3. The highest BCUT2D eigenvalue weighted by Gasteiger charge is 2.35. The van der Waals surface area contributed by atoms with Crippen molar-refractivity contribution in [1.82, 2.24) is 14.8 Å². The smallest absolute Gasteiger partial charge is 0.417 e. The second-order valence-corrected chi connectivity index (χ2v) is 5.69. The van der Waals surface area contributed by atoms with Crippen molar-refractivity contribution < 1.29 is 23.1 Å². The van der Waals surface area contributed by atoms with Crippen LogP contribution in [0.5, 0.6) is 0 Å². The molecule has 2 aromatic rings. The molecule has 0 spiro atoms. The summed E-state index contributed by atoms with van der Waals surface area (Å²) in [6, 6.07) is 0.890. The first-order chi connectivity index (χ1) is 10.2. The number of alkyl halides is 3. The fourth-order valence-corrected chi connectivity index (χ4v) is 2.74. The molecule has 0 saturated carbocycles. The second kappa shape index (κ2) is 6.15. The summed E-state index contributed by atoms with van der Waals surface area (Å²) in [5.41, 5.74) is -0.426. The summed E-state index contributed by atoms with van der Waals surface area (Å²) in [5.74, 6) is -1.47. The molecule has 22 heavy (non-hydrogen) atoms. The Kier molecular flexibility index (Phi) is 4.64. The highest BCUT2D eigenvalue weighted by atomic mass is 32.2. The minimum absolute atomic E-state index is 0.00312. The maximum Gasteiger partial charge on any atom is 0.417 e. The van der Waals surface area contributed by atoms with Crippen LogP contribution in [0.4, 0.5) is 13.2 Å². The van der Waals surface area contributed by atoms with Gasteiger partial charge >= 0.3 is 12.1 Å². The minimum Gasteiger partial charge on any atom is -0.481 e. The number of hydrogen-bond acceptors (Lipinski definition) is 4. The Hall–Kier alpha value is -1.77. The molecule has 0 saturated heterocycles. The van der Waals surface area contributed by atoms with E-state index in [0.717, 1.165) is 24.2 Å². The van der Waals surface area contributed by atoms with E-state index in [-0.39, 0.29) is 21.8 Å². The largest absolute Gasteiger partial charge is 0.481 e. The van der Waals surface area contributed by atoms with Crippen molar-refractivity contribution in [3.8, 4) is 0 Å². The Morgan fingerprint density at radius 2 is 2.14 bits per heavy atom. The average Bonchev–Trinajstić information content (AvgIpc) is 2.72. The molecule has 0 unspecified atom stereocenters. The molecule has 5 nitrogen and oxygen atoms in total. The number of fused-ring (bicyclic) bond motifs is 1. The maximum absolute atomic E-state index is 13.3. The van der Waals surface area contributed by atoms with Crippen LogP contribution in [0.3, 0.4) is 0 Å². The molecule has 2 rings (SSSR count). The number of carbonyl (C=O) groups is 1. The zero-order valence-corrected chi connectivity index (χ0v) is 12.8. The van der Waals surface area contributed by atoms with Crippen molar-refractivity contribution in [1.29, 1.82) is 0 Å². The molecule has 120 valence electrons. The maximum atomic E-state index is 13.3. The van der Waals surface area contributed by atoms with E-state index in [1.54, 1.807) is 6.92 Å². The molecule has 0 atom stereocenters. The molecule has 0 fully saturated rings. The summed E-state index contributed by atoms with van der Waals surface area (Å²) in [6.45, 7) is 3.97. The highest BCUT2D eigenvalue weighted by Crippen LogP contribution is 2.37. The van der Waals surface area contributed by atoms with Crippen LogP contribution >= 0.6 is 11.8 Å². The van der Waals surface area contributed by atoms with Gasteiger partial charge in [-0.15, -0.1) is 0 Å². The standard InChI is InChI=1S/C13H14F3N3O2S/c1-3-4-19-7(2)11-8(13(14,15)16)5-9(17-12(11)18-19)22-6-10(20)21/h5H,3-4,6H2,1-2H3,(H,20,21). The van der Waals surface area contributed by atoms with Crippen LogP contribution in [-0.4, -0.2) is 31.6 Å². The average molecular weight is 333 g/mol. The van der Waals surface area contributed by atoms with Crippen LogP contribution in [0.2, 0.25) is 0 Å². The molecule has 2 aromatic heterocycles. The van der Waals surface area contributed by atoms with Crippen molar-refractivity contribution >= 4 is 28.8 Å². The van der Waals surface area contributed by atoms with E-state index in [1.807, 2.05) is 6.92 Å². The van der Waals surface area contributed by atoms with Crippen LogP contribution in [0.15, 0.2) is 11.1 Å². The monoisotopic (exact) mass is 333 g/mol. The van der Waals surface area contributed by atoms with Crippen molar-refractivity contribution in [3.05, 3.63) is 17.3 Å². The van der Waals surface area contributed by atoms with Gasteiger partial charge < -0.3 is 5.11 Å². The van der Waals surface area contributed by atoms with Gasteiger partial charge in [-0.3, -0.25) is 9.48 Å². The molecule has 0 amide bonds. The number of aromatic nitrogens is 3. The lowest BCUT2D eigenvalue weighted by Crippen LogP contribution is -2.08. The number of hydrogen-bond donors (Lipinski definition) is 1. The van der Waals surface area contributed by atoms with E-state index in [4.69, 9.17) is 5.11 Å². The zero-order chi connectivity index (χ0) is 16.5. The van der Waals surface area contributed by atoms with Crippen LogP contribution < -0.4 is 0 Å². The van der Waals surface area contributed by atoms with Crippen molar-refractivity contribution in [2.24, 2.45) is 0 Å². The Balaban J connectivity index is 2.61. The van der Waals surface area contributed by atoms with Gasteiger partial charge in [-0.1, -0.05) is 18.7 Å². The van der Waals surface area contributed by atoms with E-state index in [9.17, 15) is 18.0 Å². The first-order valence-electron chi connectivity index (χ1n) is 6.54. The van der Waals surface area contributed by atoms with Gasteiger partial charge in [0.1, 0.15) is 0 Å². The summed E-state index contributed by atoms with van der Waals surface area (Å²) in [6.07, 6.45) is -3.82. The minimum atomic E-state index is -4.55. The third kappa shape index (κ3) is 3.34. The zero-order valence-electron chi connectivity index (χ0n) is 11.9. The molecular formula is C13H14F3N3O2S. The molecule has 9 heteroatoms. The van der Waals surface area contributed by atoms with E-state index >= 15 is 0 Å². The second-order valence-electron chi connectivity index (χ2n) is 4.70. The number of aliphatic carboxylic acids is 1. The van der Waals surface area contributed by atoms with Crippen LogP contribution in [-0.2, 0) is 17.5 Å². The Morgan fingerprint density at radius 3 is 2.68 bits per heavy atom. The predicted molar refractivity (Wildman–Crippen MR) is 75.9 cm³/mol. The van der Waals surface area contributed by atoms with E-state index < -0.39 is 17.7 Å². The lowest BCUT2D eigenvalue weighted by molar-refractivity contribution is -0.136. The van der Waals surface area contributed by atoms with Gasteiger partial charge in [0.2, 0.25) is 0 Å². The quantitative estimate of drug-likeness (QED) is 0.850. The van der Waals surface area contributed by atoms with Gasteiger partial charge in [0.05, 0.1) is 21.7 Å². The molecule has 2 heterocycles. The highest BCUT2D eigenvalue weighted by molar-refractivity contribution is 7.99. The summed E-state index contributed by atoms with van der Waals surface area (Å²) in [5, 5.41) is 12.7. The number of pyridine rings is 1. The van der Waals surface area contributed by atoms with Crippen LogP contribution in [0.25, 0.3) is 11.0 Å². The van der Waals surface area contributed by atoms with Gasteiger partial charge in [0.15, 0.2) is 5.65 Å². The number of carboxylic acid groups (broad SMARTS) is 1.